The van der Waals surface area contributed by atoms with Crippen LogP contribution in [-0.2, 0) is 16.9 Å². The first kappa shape index (κ1) is 20.4. The lowest BCUT2D eigenvalue weighted by Gasteiger charge is -2.36. The molecular weight excluding hydrogens is 384 g/mol. The van der Waals surface area contributed by atoms with Crippen LogP contribution < -0.4 is 11.5 Å². The Morgan fingerprint density at radius 2 is 1.16 bits per heavy atom. The van der Waals surface area contributed by atoms with E-state index in [0.717, 1.165) is 22.3 Å². The molecule has 0 unspecified atom stereocenters. The summed E-state index contributed by atoms with van der Waals surface area (Å²) in [4.78, 5) is 11.5. The third-order valence-electron chi connectivity index (χ3n) is 5.42. The molecule has 0 bridgehead atoms. The molecule has 0 aliphatic rings. The van der Waals surface area contributed by atoms with Crippen LogP contribution in [0.15, 0.2) is 109 Å². The summed E-state index contributed by atoms with van der Waals surface area (Å²) in [6, 6.07) is 35.5. The molecule has 4 aromatic carbocycles. The number of amides is 1. The largest absolute Gasteiger partial charge is 0.398 e. The van der Waals surface area contributed by atoms with Crippen LogP contribution in [0.2, 0.25) is 0 Å². The molecule has 0 radical (unpaired) electrons. The average Bonchev–Trinajstić information content (AvgIpc) is 2.82. The topological polar surface area (TPSA) is 78.3 Å². The minimum atomic E-state index is -0.835. The zero-order valence-electron chi connectivity index (χ0n) is 17.1. The Hall–Kier alpha value is -3.89. The van der Waals surface area contributed by atoms with E-state index in [9.17, 15) is 4.79 Å². The van der Waals surface area contributed by atoms with E-state index >= 15 is 0 Å². The number of rotatable bonds is 7. The summed E-state index contributed by atoms with van der Waals surface area (Å²) in [5.74, 6) is -0.508. The van der Waals surface area contributed by atoms with Crippen LogP contribution in [0.4, 0.5) is 5.69 Å². The number of nitrogen functional groups attached to an aromatic ring is 1. The minimum absolute atomic E-state index is 0.254. The highest BCUT2D eigenvalue weighted by Gasteiger charge is 2.37. The van der Waals surface area contributed by atoms with Crippen LogP contribution in [0, 0.1) is 0 Å². The summed E-state index contributed by atoms with van der Waals surface area (Å²) in [6.07, 6.45) is 0. The molecule has 0 spiro atoms. The van der Waals surface area contributed by atoms with Crippen molar-refractivity contribution in [3.8, 4) is 0 Å². The predicted octanol–water partition coefficient (Wildman–Crippen LogP) is 4.88. The van der Waals surface area contributed by atoms with Gasteiger partial charge in [0, 0.05) is 16.8 Å². The summed E-state index contributed by atoms with van der Waals surface area (Å²) in [7, 11) is 0. The smallest absolute Gasteiger partial charge is 0.248 e. The molecule has 31 heavy (non-hydrogen) atoms. The number of anilines is 1. The predicted molar refractivity (Wildman–Crippen MR) is 123 cm³/mol. The van der Waals surface area contributed by atoms with Crippen molar-refractivity contribution in [1.82, 2.24) is 0 Å². The van der Waals surface area contributed by atoms with Crippen LogP contribution in [-0.4, -0.2) is 5.91 Å². The van der Waals surface area contributed by atoms with Gasteiger partial charge in [-0.2, -0.15) is 0 Å². The molecule has 154 valence electrons. The Labute approximate surface area is 182 Å². The third kappa shape index (κ3) is 4.06. The molecule has 0 atom stereocenters. The van der Waals surface area contributed by atoms with Crippen molar-refractivity contribution in [3.63, 3.8) is 0 Å². The summed E-state index contributed by atoms with van der Waals surface area (Å²) in [5.41, 5.74) is 15.4. The molecule has 4 aromatic rings. The van der Waals surface area contributed by atoms with Gasteiger partial charge in [0.05, 0.1) is 6.61 Å². The van der Waals surface area contributed by atoms with E-state index in [0.29, 0.717) is 11.3 Å². The molecule has 0 aliphatic heterocycles. The summed E-state index contributed by atoms with van der Waals surface area (Å²) in [5, 5.41) is 0. The molecule has 0 fully saturated rings. The second-order valence-corrected chi connectivity index (χ2v) is 7.35. The molecule has 0 aromatic heterocycles. The van der Waals surface area contributed by atoms with E-state index in [1.54, 1.807) is 18.2 Å². The molecule has 0 saturated heterocycles. The van der Waals surface area contributed by atoms with Gasteiger partial charge in [-0.25, -0.2) is 0 Å². The molecular formula is C27H24N2O2. The van der Waals surface area contributed by atoms with E-state index in [1.807, 2.05) is 54.6 Å². The Balaban J connectivity index is 1.84. The van der Waals surface area contributed by atoms with Gasteiger partial charge in [-0.15, -0.1) is 0 Å². The van der Waals surface area contributed by atoms with Crippen molar-refractivity contribution in [1.29, 1.82) is 0 Å². The molecule has 0 saturated carbocycles. The van der Waals surface area contributed by atoms with Gasteiger partial charge in [-0.05, 0) is 28.8 Å². The minimum Gasteiger partial charge on any atom is -0.398 e. The van der Waals surface area contributed by atoms with Gasteiger partial charge < -0.3 is 16.2 Å². The van der Waals surface area contributed by atoms with Gasteiger partial charge in [0.2, 0.25) is 5.91 Å². The van der Waals surface area contributed by atoms with Crippen molar-refractivity contribution in [2.45, 2.75) is 12.2 Å². The molecule has 4 nitrogen and oxygen atoms in total. The first-order chi connectivity index (χ1) is 15.1. The van der Waals surface area contributed by atoms with Crippen molar-refractivity contribution >= 4 is 11.6 Å². The maximum absolute atomic E-state index is 11.5. The number of carbonyl (C=O) groups is 1. The van der Waals surface area contributed by atoms with E-state index in [2.05, 4.69) is 36.4 Å². The third-order valence-corrected chi connectivity index (χ3v) is 5.42. The van der Waals surface area contributed by atoms with Crippen LogP contribution in [0.1, 0.15) is 32.6 Å². The number of nitrogens with two attached hydrogens (primary N) is 2. The highest BCUT2D eigenvalue weighted by atomic mass is 16.5. The zero-order valence-corrected chi connectivity index (χ0v) is 17.1. The highest BCUT2D eigenvalue weighted by molar-refractivity contribution is 5.93. The fourth-order valence-corrected chi connectivity index (χ4v) is 3.83. The number of ether oxygens (including phenoxy) is 1. The van der Waals surface area contributed by atoms with Crippen molar-refractivity contribution in [3.05, 3.63) is 137 Å². The van der Waals surface area contributed by atoms with Crippen molar-refractivity contribution in [2.75, 3.05) is 5.73 Å². The SMILES string of the molecule is NC(=O)c1ccc(COC(c2ccccc2)(c2ccccc2)c2ccccc2)c(N)c1. The lowest BCUT2D eigenvalue weighted by atomic mass is 9.80. The van der Waals surface area contributed by atoms with Gasteiger partial charge in [0.25, 0.3) is 0 Å². The lowest BCUT2D eigenvalue weighted by molar-refractivity contribution is 0.000522. The van der Waals surface area contributed by atoms with E-state index in [4.69, 9.17) is 16.2 Å². The first-order valence-corrected chi connectivity index (χ1v) is 10.1. The Morgan fingerprint density at radius 1 is 0.710 bits per heavy atom. The van der Waals surface area contributed by atoms with Gasteiger partial charge in [0.15, 0.2) is 0 Å². The van der Waals surface area contributed by atoms with E-state index in [1.165, 1.54) is 0 Å². The molecule has 4 heteroatoms. The second kappa shape index (κ2) is 8.86. The summed E-state index contributed by atoms with van der Waals surface area (Å²) < 4.78 is 6.76. The highest BCUT2D eigenvalue weighted by Crippen LogP contribution is 2.41. The molecule has 1 amide bonds. The van der Waals surface area contributed by atoms with Gasteiger partial charge in [-0.3, -0.25) is 4.79 Å². The van der Waals surface area contributed by atoms with Gasteiger partial charge in [0.1, 0.15) is 5.60 Å². The number of primary amides is 1. The molecule has 0 aliphatic carbocycles. The number of carbonyl (C=O) groups excluding carboxylic acids is 1. The van der Waals surface area contributed by atoms with Crippen molar-refractivity contribution in [2.24, 2.45) is 5.73 Å². The quantitative estimate of drug-likeness (QED) is 0.338. The van der Waals surface area contributed by atoms with Crippen LogP contribution >= 0.6 is 0 Å². The number of benzene rings is 4. The normalized spacial score (nSPS) is 11.2. The standard InChI is InChI=1S/C27H24N2O2/c28-25-18-20(26(29)30)16-17-21(25)19-31-27(22-10-4-1-5-11-22,23-12-6-2-7-13-23)24-14-8-3-9-15-24/h1-18H,19,28H2,(H2,29,30). The fraction of sp³-hybridized carbons (Fsp3) is 0.0741. The average molecular weight is 409 g/mol. The van der Waals surface area contributed by atoms with Gasteiger partial charge >= 0.3 is 0 Å². The Kier molecular flexibility index (Phi) is 5.83. The Morgan fingerprint density at radius 3 is 1.55 bits per heavy atom. The second-order valence-electron chi connectivity index (χ2n) is 7.35. The van der Waals surface area contributed by atoms with Crippen LogP contribution in [0.3, 0.4) is 0 Å². The first-order valence-electron chi connectivity index (χ1n) is 10.1. The monoisotopic (exact) mass is 408 g/mol. The maximum atomic E-state index is 11.5. The molecule has 0 heterocycles. The summed E-state index contributed by atoms with van der Waals surface area (Å²) in [6.45, 7) is 0.254. The zero-order chi connectivity index (χ0) is 21.7. The molecule has 4 rings (SSSR count). The summed E-state index contributed by atoms with van der Waals surface area (Å²) >= 11 is 0. The van der Waals surface area contributed by atoms with E-state index in [-0.39, 0.29) is 6.61 Å². The van der Waals surface area contributed by atoms with Gasteiger partial charge in [-0.1, -0.05) is 97.1 Å². The van der Waals surface area contributed by atoms with Crippen LogP contribution in [0.5, 0.6) is 0 Å². The number of hydrogen-bond donors (Lipinski definition) is 2. The number of hydrogen-bond acceptors (Lipinski definition) is 3. The lowest BCUT2D eigenvalue weighted by Crippen LogP contribution is -2.32. The molecule has 4 N–H and O–H groups in total. The Bertz CT molecular complexity index is 1060. The van der Waals surface area contributed by atoms with E-state index < -0.39 is 11.5 Å². The van der Waals surface area contributed by atoms with Crippen LogP contribution in [0.25, 0.3) is 0 Å². The van der Waals surface area contributed by atoms with Crippen molar-refractivity contribution < 1.29 is 9.53 Å². The fourth-order valence-electron chi connectivity index (χ4n) is 3.83. The maximum Gasteiger partial charge on any atom is 0.248 e.